The van der Waals surface area contributed by atoms with Crippen molar-refractivity contribution in [3.63, 3.8) is 0 Å². The van der Waals surface area contributed by atoms with E-state index in [-0.39, 0.29) is 43.3 Å². The summed E-state index contributed by atoms with van der Waals surface area (Å²) in [7, 11) is 0. The van der Waals surface area contributed by atoms with E-state index >= 15 is 0 Å². The summed E-state index contributed by atoms with van der Waals surface area (Å²) in [6.07, 6.45) is 4.04. The molecule has 4 bridgehead atoms. The molecule has 3 amide bonds. The smallest absolute Gasteiger partial charge is 0.260 e. The van der Waals surface area contributed by atoms with Crippen molar-refractivity contribution in [2.24, 2.45) is 5.41 Å². The Morgan fingerprint density at radius 2 is 1.95 bits per heavy atom. The van der Waals surface area contributed by atoms with Crippen LogP contribution in [0.1, 0.15) is 23.5 Å². The SMILES string of the molecule is Cc1cnn(CC(=O)N2CCCOc3cccc4c3OC[C@@]3(CNC(=O)C2)CN(C(=O)COc2ccccc2)C[C@@H]43)c1. The summed E-state index contributed by atoms with van der Waals surface area (Å²) in [4.78, 5) is 43.1. The molecule has 220 valence electrons. The Balaban J connectivity index is 1.22. The second kappa shape index (κ2) is 11.8. The van der Waals surface area contributed by atoms with Crippen LogP contribution < -0.4 is 19.5 Å². The molecule has 0 unspecified atom stereocenters. The van der Waals surface area contributed by atoms with Gasteiger partial charge in [-0.15, -0.1) is 0 Å². The summed E-state index contributed by atoms with van der Waals surface area (Å²) in [6.45, 7) is 4.00. The fourth-order valence-corrected chi connectivity index (χ4v) is 6.03. The Labute approximate surface area is 244 Å². The monoisotopic (exact) mass is 573 g/mol. The molecule has 2 aromatic carbocycles. The Morgan fingerprint density at radius 1 is 1.10 bits per heavy atom. The average molecular weight is 574 g/mol. The van der Waals surface area contributed by atoms with E-state index in [1.807, 2.05) is 55.5 Å². The van der Waals surface area contributed by atoms with E-state index in [4.69, 9.17) is 14.2 Å². The van der Waals surface area contributed by atoms with Gasteiger partial charge in [0.05, 0.1) is 26.0 Å². The number of fused-ring (bicyclic) bond motifs is 9. The van der Waals surface area contributed by atoms with Crippen molar-refractivity contribution in [3.8, 4) is 17.2 Å². The molecular formula is C31H35N5O6. The molecule has 1 saturated heterocycles. The summed E-state index contributed by atoms with van der Waals surface area (Å²) < 4.78 is 19.8. The van der Waals surface area contributed by atoms with Gasteiger partial charge in [0.1, 0.15) is 12.3 Å². The number of carbonyl (C=O) groups is 3. The first-order valence-corrected chi connectivity index (χ1v) is 14.3. The number of nitrogens with zero attached hydrogens (tertiary/aromatic N) is 4. The van der Waals surface area contributed by atoms with Gasteiger partial charge in [0.25, 0.3) is 5.91 Å². The minimum absolute atomic E-state index is 0.0517. The zero-order chi connectivity index (χ0) is 29.1. The summed E-state index contributed by atoms with van der Waals surface area (Å²) in [5, 5.41) is 7.28. The molecule has 5 heterocycles. The Morgan fingerprint density at radius 3 is 2.76 bits per heavy atom. The predicted octanol–water partition coefficient (Wildman–Crippen LogP) is 2.00. The number of carbonyl (C=O) groups excluding carboxylic acids is 3. The number of nitrogens with one attached hydrogen (secondary N) is 1. The highest BCUT2D eigenvalue weighted by Gasteiger charge is 2.53. The van der Waals surface area contributed by atoms with Crippen LogP contribution in [0.5, 0.6) is 17.2 Å². The zero-order valence-corrected chi connectivity index (χ0v) is 23.7. The van der Waals surface area contributed by atoms with Crippen LogP contribution in [0.4, 0.5) is 0 Å². The van der Waals surface area contributed by atoms with Crippen molar-refractivity contribution in [1.82, 2.24) is 24.9 Å². The molecule has 3 aromatic rings. The molecule has 0 radical (unpaired) electrons. The first kappa shape index (κ1) is 27.6. The van der Waals surface area contributed by atoms with Crippen molar-refractivity contribution in [1.29, 1.82) is 0 Å². The fraction of sp³-hybridized carbons (Fsp3) is 0.419. The summed E-state index contributed by atoms with van der Waals surface area (Å²) in [5.41, 5.74) is 1.38. The normalized spacial score (nSPS) is 21.9. The van der Waals surface area contributed by atoms with Crippen LogP contribution in [-0.4, -0.2) is 89.8 Å². The van der Waals surface area contributed by atoms with E-state index in [0.29, 0.717) is 63.1 Å². The zero-order valence-electron chi connectivity index (χ0n) is 23.7. The van der Waals surface area contributed by atoms with E-state index < -0.39 is 5.41 Å². The van der Waals surface area contributed by atoms with E-state index in [1.54, 1.807) is 26.9 Å². The summed E-state index contributed by atoms with van der Waals surface area (Å²) in [5.74, 6) is 1.30. The molecule has 11 heteroatoms. The maximum atomic E-state index is 13.3. The first-order chi connectivity index (χ1) is 20.4. The third kappa shape index (κ3) is 5.77. The van der Waals surface area contributed by atoms with E-state index in [0.717, 1.165) is 11.1 Å². The molecule has 42 heavy (non-hydrogen) atoms. The van der Waals surface area contributed by atoms with Gasteiger partial charge in [-0.05, 0) is 37.1 Å². The van der Waals surface area contributed by atoms with Gasteiger partial charge in [-0.25, -0.2) is 0 Å². The standard InChI is InChI=1S/C31H35N5O6/c1-22-13-33-36(14-22)17-28(38)34-11-6-12-40-26-10-5-9-24-25-15-35(29(39)18-41-23-7-3-2-4-8-23)20-31(25,21-42-30(24)26)19-32-27(37)16-34/h2-5,7-10,13-14,25H,6,11-12,15-21H2,1H3,(H,32,37)/t25-,31+/m0/s1. The van der Waals surface area contributed by atoms with Gasteiger partial charge in [-0.1, -0.05) is 30.3 Å². The third-order valence-corrected chi connectivity index (χ3v) is 8.21. The highest BCUT2D eigenvalue weighted by molar-refractivity contribution is 5.85. The fourth-order valence-electron chi connectivity index (χ4n) is 6.03. The van der Waals surface area contributed by atoms with E-state index in [9.17, 15) is 14.4 Å². The molecule has 1 spiro atoms. The molecule has 1 aromatic heterocycles. The minimum atomic E-state index is -0.546. The molecule has 4 aliphatic heterocycles. The topological polar surface area (TPSA) is 115 Å². The lowest BCUT2D eigenvalue weighted by Crippen LogP contribution is -2.51. The van der Waals surface area contributed by atoms with Crippen LogP contribution in [0.15, 0.2) is 60.9 Å². The lowest BCUT2D eigenvalue weighted by atomic mass is 9.73. The van der Waals surface area contributed by atoms with Crippen LogP contribution >= 0.6 is 0 Å². The molecule has 1 N–H and O–H groups in total. The molecule has 0 aliphatic carbocycles. The number of aryl methyl sites for hydroxylation is 1. The highest BCUT2D eigenvalue weighted by atomic mass is 16.5. The number of hydrogen-bond donors (Lipinski definition) is 1. The largest absolute Gasteiger partial charge is 0.490 e. The van der Waals surface area contributed by atoms with Crippen LogP contribution in [0.25, 0.3) is 0 Å². The Bertz CT molecular complexity index is 1460. The van der Waals surface area contributed by atoms with Crippen LogP contribution in [0, 0.1) is 12.3 Å². The van der Waals surface area contributed by atoms with Gasteiger partial charge >= 0.3 is 0 Å². The van der Waals surface area contributed by atoms with Crippen molar-refractivity contribution >= 4 is 17.7 Å². The number of hydrogen-bond acceptors (Lipinski definition) is 7. The maximum Gasteiger partial charge on any atom is 0.260 e. The van der Waals surface area contributed by atoms with Crippen molar-refractivity contribution < 1.29 is 28.6 Å². The van der Waals surface area contributed by atoms with Gasteiger partial charge < -0.3 is 29.3 Å². The van der Waals surface area contributed by atoms with Crippen molar-refractivity contribution in [3.05, 3.63) is 72.1 Å². The third-order valence-electron chi connectivity index (χ3n) is 8.21. The molecule has 7 rings (SSSR count). The summed E-state index contributed by atoms with van der Waals surface area (Å²) in [6, 6.07) is 15.1. The predicted molar refractivity (Wildman–Crippen MR) is 152 cm³/mol. The van der Waals surface area contributed by atoms with Gasteiger partial charge in [0.2, 0.25) is 11.8 Å². The molecule has 11 nitrogen and oxygen atoms in total. The van der Waals surface area contributed by atoms with Gasteiger partial charge in [-0.3, -0.25) is 19.1 Å². The number of para-hydroxylation sites is 2. The molecule has 1 fully saturated rings. The van der Waals surface area contributed by atoms with Crippen LogP contribution in [0.2, 0.25) is 0 Å². The van der Waals surface area contributed by atoms with Gasteiger partial charge in [0.15, 0.2) is 18.1 Å². The van der Waals surface area contributed by atoms with Crippen molar-refractivity contribution in [2.45, 2.75) is 25.8 Å². The number of benzene rings is 2. The average Bonchev–Trinajstić information content (AvgIpc) is 3.60. The van der Waals surface area contributed by atoms with E-state index in [2.05, 4.69) is 10.4 Å². The second-order valence-electron chi connectivity index (χ2n) is 11.3. The number of amides is 3. The number of likely N-dealkylation sites (tertiary alicyclic amines) is 1. The summed E-state index contributed by atoms with van der Waals surface area (Å²) >= 11 is 0. The van der Waals surface area contributed by atoms with Crippen LogP contribution in [0.3, 0.4) is 0 Å². The molecule has 0 saturated carbocycles. The second-order valence-corrected chi connectivity index (χ2v) is 11.3. The molecule has 4 aliphatic rings. The maximum absolute atomic E-state index is 13.3. The Hall–Kier alpha value is -4.54. The number of ether oxygens (including phenoxy) is 3. The number of aromatic nitrogens is 2. The van der Waals surface area contributed by atoms with Crippen LogP contribution in [-0.2, 0) is 20.9 Å². The quantitative estimate of drug-likeness (QED) is 0.497. The molecule has 2 atom stereocenters. The van der Waals surface area contributed by atoms with Crippen molar-refractivity contribution in [2.75, 3.05) is 52.5 Å². The lowest BCUT2D eigenvalue weighted by molar-refractivity contribution is -0.137. The van der Waals surface area contributed by atoms with Gasteiger partial charge in [-0.2, -0.15) is 5.10 Å². The Kier molecular flexibility index (Phi) is 7.73. The minimum Gasteiger partial charge on any atom is -0.490 e. The van der Waals surface area contributed by atoms with E-state index in [1.165, 1.54) is 0 Å². The number of rotatable bonds is 5. The lowest BCUT2D eigenvalue weighted by Gasteiger charge is -2.40. The van der Waals surface area contributed by atoms with Gasteiger partial charge in [0, 0.05) is 49.3 Å². The molecular weight excluding hydrogens is 538 g/mol. The highest BCUT2D eigenvalue weighted by Crippen LogP contribution is 2.52. The first-order valence-electron chi connectivity index (χ1n) is 14.3.